The van der Waals surface area contributed by atoms with E-state index < -0.39 is 60.9 Å². The molecule has 13 heteroatoms. The Morgan fingerprint density at radius 3 is 2.09 bits per heavy atom. The Labute approximate surface area is 194 Å². The first-order valence-electron chi connectivity index (χ1n) is 10.1. The maximum atomic E-state index is 12.1. The molecular weight excluding hydrogens is 454 g/mol. The van der Waals surface area contributed by atoms with Gasteiger partial charge < -0.3 is 24.3 Å². The normalized spacial score (nSPS) is 22.5. The van der Waals surface area contributed by atoms with Crippen molar-refractivity contribution in [1.29, 1.82) is 0 Å². The van der Waals surface area contributed by atoms with Crippen molar-refractivity contribution in [2.24, 2.45) is 5.16 Å². The second-order valence-electron chi connectivity index (χ2n) is 7.08. The molecular formula is C21H25N3O10. The van der Waals surface area contributed by atoms with Gasteiger partial charge in [-0.2, -0.15) is 0 Å². The highest BCUT2D eigenvalue weighted by Gasteiger charge is 2.50. The summed E-state index contributed by atoms with van der Waals surface area (Å²) in [6.07, 6.45) is -4.83. The van der Waals surface area contributed by atoms with Crippen LogP contribution in [0.15, 0.2) is 35.5 Å². The van der Waals surface area contributed by atoms with E-state index in [4.69, 9.17) is 23.8 Å². The molecule has 1 aromatic carbocycles. The molecule has 13 nitrogen and oxygen atoms in total. The highest BCUT2D eigenvalue weighted by Crippen LogP contribution is 2.25. The van der Waals surface area contributed by atoms with E-state index in [2.05, 4.69) is 15.8 Å². The Hall–Kier alpha value is -4.16. The number of hydrogen-bond acceptors (Lipinski definition) is 11. The number of carbonyl (C=O) groups is 5. The number of nitrogens with zero attached hydrogens (tertiary/aromatic N) is 1. The highest BCUT2D eigenvalue weighted by molar-refractivity contribution is 5.90. The summed E-state index contributed by atoms with van der Waals surface area (Å²) in [5, 5.41) is 8.56. The number of oxime groups is 1. The van der Waals surface area contributed by atoms with E-state index in [-0.39, 0.29) is 5.90 Å². The van der Waals surface area contributed by atoms with Crippen molar-refractivity contribution in [2.45, 2.75) is 52.0 Å². The summed E-state index contributed by atoms with van der Waals surface area (Å²) in [5.41, 5.74) is 0.427. The number of benzene rings is 1. The maximum Gasteiger partial charge on any atom is 0.437 e. The molecule has 184 valence electrons. The molecule has 0 saturated carbocycles. The smallest absolute Gasteiger partial charge is 0.437 e. The molecule has 1 aromatic rings. The average molecular weight is 479 g/mol. The van der Waals surface area contributed by atoms with Crippen LogP contribution in [0.4, 0.5) is 10.5 Å². The molecule has 1 aliphatic heterocycles. The van der Waals surface area contributed by atoms with Crippen LogP contribution in [0.5, 0.6) is 0 Å². The lowest BCUT2D eigenvalue weighted by molar-refractivity contribution is -0.186. The van der Waals surface area contributed by atoms with E-state index in [0.717, 1.165) is 20.8 Å². The molecule has 0 radical (unpaired) electrons. The molecule has 2 amide bonds. The third-order valence-electron chi connectivity index (χ3n) is 4.21. The van der Waals surface area contributed by atoms with Gasteiger partial charge in [0.25, 0.3) is 5.90 Å². The van der Waals surface area contributed by atoms with Crippen molar-refractivity contribution in [3.05, 3.63) is 30.3 Å². The van der Waals surface area contributed by atoms with Crippen LogP contribution in [0.1, 0.15) is 27.7 Å². The van der Waals surface area contributed by atoms with E-state index in [1.165, 1.54) is 6.92 Å². The standard InChI is InChI=1S/C21H25N3O10/c1-11(25)22-17-19(32-14(4)28)18(31-13(3)27)16(10-30-12(2)26)33-20(17)24-34-21(29)23-15-8-6-5-7-9-15/h5-9,16-19H,10H2,1-4H3,(H,22,25)(H,23,29)/b24-20+/t16-,17+,18-,19-/m1/s1. The van der Waals surface area contributed by atoms with Crippen molar-refractivity contribution in [3.63, 3.8) is 0 Å². The van der Waals surface area contributed by atoms with Crippen LogP contribution >= 0.6 is 0 Å². The van der Waals surface area contributed by atoms with Gasteiger partial charge in [0.2, 0.25) is 5.91 Å². The van der Waals surface area contributed by atoms with Crippen LogP contribution in [0.3, 0.4) is 0 Å². The monoisotopic (exact) mass is 479 g/mol. The summed E-state index contributed by atoms with van der Waals surface area (Å²) < 4.78 is 21.2. The van der Waals surface area contributed by atoms with Gasteiger partial charge in [-0.1, -0.05) is 18.2 Å². The van der Waals surface area contributed by atoms with Crippen molar-refractivity contribution < 1.29 is 47.8 Å². The average Bonchev–Trinajstić information content (AvgIpc) is 2.74. The third-order valence-corrected chi connectivity index (χ3v) is 4.21. The zero-order chi connectivity index (χ0) is 25.3. The Morgan fingerprint density at radius 1 is 0.912 bits per heavy atom. The number of nitrogens with one attached hydrogen (secondary N) is 2. The summed E-state index contributed by atoms with van der Waals surface area (Å²) in [6.45, 7) is 4.12. The molecule has 1 saturated heterocycles. The Bertz CT molecular complexity index is 949. The zero-order valence-electron chi connectivity index (χ0n) is 18.9. The molecule has 2 N–H and O–H groups in total. The van der Waals surface area contributed by atoms with Crippen molar-refractivity contribution >= 4 is 41.5 Å². The maximum absolute atomic E-state index is 12.1. The SMILES string of the molecule is CC(=O)N[C@@H]1/C(=N\OC(=O)Nc2ccccc2)O[C@H](COC(C)=O)[C@@H](OC(C)=O)[C@@H]1OC(C)=O. The third kappa shape index (κ3) is 8.07. The first-order chi connectivity index (χ1) is 16.1. The molecule has 1 fully saturated rings. The van der Waals surface area contributed by atoms with Crippen LogP contribution in [0.2, 0.25) is 0 Å². The largest absolute Gasteiger partial charge is 0.466 e. The van der Waals surface area contributed by atoms with E-state index in [1.807, 2.05) is 0 Å². The van der Waals surface area contributed by atoms with Gasteiger partial charge in [0.15, 0.2) is 18.3 Å². The number of amides is 2. The minimum absolute atomic E-state index is 0.384. The van der Waals surface area contributed by atoms with Gasteiger partial charge in [0.1, 0.15) is 12.6 Å². The first-order valence-corrected chi connectivity index (χ1v) is 10.1. The minimum atomic E-state index is -1.35. The van der Waals surface area contributed by atoms with Crippen molar-refractivity contribution in [2.75, 3.05) is 11.9 Å². The number of esters is 3. The van der Waals surface area contributed by atoms with Gasteiger partial charge in [-0.15, -0.1) is 0 Å². The second kappa shape index (κ2) is 12.2. The predicted molar refractivity (Wildman–Crippen MR) is 114 cm³/mol. The lowest BCUT2D eigenvalue weighted by atomic mass is 9.96. The summed E-state index contributed by atoms with van der Waals surface area (Å²) in [4.78, 5) is 63.6. The lowest BCUT2D eigenvalue weighted by Gasteiger charge is -2.41. The molecule has 0 spiro atoms. The Kier molecular flexibility index (Phi) is 9.35. The summed E-state index contributed by atoms with van der Waals surface area (Å²) >= 11 is 0. The molecule has 0 bridgehead atoms. The van der Waals surface area contributed by atoms with E-state index in [1.54, 1.807) is 30.3 Å². The molecule has 2 rings (SSSR count). The van der Waals surface area contributed by atoms with E-state index >= 15 is 0 Å². The topological polar surface area (TPSA) is 168 Å². The fraction of sp³-hybridized carbons (Fsp3) is 0.429. The van der Waals surface area contributed by atoms with Gasteiger partial charge in [0.05, 0.1) is 0 Å². The quantitative estimate of drug-likeness (QED) is 0.248. The number of anilines is 1. The highest BCUT2D eigenvalue weighted by atomic mass is 16.7. The van der Waals surface area contributed by atoms with Gasteiger partial charge in [-0.3, -0.25) is 29.3 Å². The van der Waals surface area contributed by atoms with Crippen LogP contribution in [-0.2, 0) is 43.0 Å². The number of hydrogen-bond donors (Lipinski definition) is 2. The Morgan fingerprint density at radius 2 is 1.53 bits per heavy atom. The number of ether oxygens (including phenoxy) is 4. The van der Waals surface area contributed by atoms with E-state index in [9.17, 15) is 24.0 Å². The first kappa shape index (κ1) is 26.1. The van der Waals surface area contributed by atoms with Crippen LogP contribution in [0.25, 0.3) is 0 Å². The number of rotatable bonds is 7. The number of carbonyl (C=O) groups excluding carboxylic acids is 5. The van der Waals surface area contributed by atoms with Crippen LogP contribution in [0, 0.1) is 0 Å². The fourth-order valence-electron chi connectivity index (χ4n) is 3.02. The fourth-order valence-corrected chi connectivity index (χ4v) is 3.02. The molecule has 1 aliphatic rings. The van der Waals surface area contributed by atoms with Gasteiger partial charge in [-0.25, -0.2) is 4.79 Å². The molecule has 34 heavy (non-hydrogen) atoms. The zero-order valence-corrected chi connectivity index (χ0v) is 18.9. The van der Waals surface area contributed by atoms with Gasteiger partial charge >= 0.3 is 24.0 Å². The summed E-state index contributed by atoms with van der Waals surface area (Å²) in [7, 11) is 0. The van der Waals surface area contributed by atoms with Gasteiger partial charge in [-0.05, 0) is 17.3 Å². The molecule has 0 aromatic heterocycles. The van der Waals surface area contributed by atoms with Crippen LogP contribution in [-0.4, -0.2) is 66.8 Å². The Balaban J connectivity index is 2.37. The molecule has 1 heterocycles. The van der Waals surface area contributed by atoms with Crippen LogP contribution < -0.4 is 10.6 Å². The van der Waals surface area contributed by atoms with Crippen molar-refractivity contribution in [1.82, 2.24) is 5.32 Å². The predicted octanol–water partition coefficient (Wildman–Crippen LogP) is 0.879. The molecule has 0 aliphatic carbocycles. The number of para-hydroxylation sites is 1. The second-order valence-corrected chi connectivity index (χ2v) is 7.08. The lowest BCUT2D eigenvalue weighted by Crippen LogP contribution is -2.64. The summed E-state index contributed by atoms with van der Waals surface area (Å²) in [5.74, 6) is -3.14. The molecule has 0 unspecified atom stereocenters. The van der Waals surface area contributed by atoms with Crippen molar-refractivity contribution in [3.8, 4) is 0 Å². The molecule has 4 atom stereocenters. The summed E-state index contributed by atoms with van der Waals surface area (Å²) in [6, 6.07) is 7.06. The van der Waals surface area contributed by atoms with Gasteiger partial charge in [0, 0.05) is 33.4 Å². The minimum Gasteiger partial charge on any atom is -0.466 e. The van der Waals surface area contributed by atoms with E-state index in [0.29, 0.717) is 5.69 Å².